The molecule has 5 nitrogen and oxygen atoms in total. The van der Waals surface area contributed by atoms with Crippen LogP contribution in [0.3, 0.4) is 0 Å². The molecule has 0 unspecified atom stereocenters. The van der Waals surface area contributed by atoms with Gasteiger partial charge >= 0.3 is 5.97 Å². The molecule has 0 saturated heterocycles. The van der Waals surface area contributed by atoms with Crippen molar-refractivity contribution in [1.82, 2.24) is 4.98 Å². The van der Waals surface area contributed by atoms with Gasteiger partial charge in [-0.3, -0.25) is 4.79 Å². The second-order valence-corrected chi connectivity index (χ2v) is 2.50. The largest absolute Gasteiger partial charge is 0.506 e. The SMILES string of the molecule is N[C@@H](CC(=O)O)c1c[nH]cc1O. The molecule has 0 aliphatic carbocycles. The molecule has 0 amide bonds. The molecule has 5 heteroatoms. The number of aromatic hydroxyl groups is 1. The standard InChI is InChI=1S/C7H10N2O3/c8-5(1-7(11)12)4-2-9-3-6(4)10/h2-3,5,9-10H,1,8H2,(H,11,12)/t5-/m0/s1. The van der Waals surface area contributed by atoms with Crippen molar-refractivity contribution in [3.8, 4) is 5.75 Å². The van der Waals surface area contributed by atoms with E-state index >= 15 is 0 Å². The van der Waals surface area contributed by atoms with Gasteiger partial charge in [0.1, 0.15) is 5.75 Å². The third kappa shape index (κ3) is 1.76. The highest BCUT2D eigenvalue weighted by molar-refractivity contribution is 5.68. The van der Waals surface area contributed by atoms with Crippen molar-refractivity contribution in [1.29, 1.82) is 0 Å². The lowest BCUT2D eigenvalue weighted by atomic mass is 10.1. The zero-order valence-corrected chi connectivity index (χ0v) is 6.32. The van der Waals surface area contributed by atoms with E-state index in [1.807, 2.05) is 0 Å². The number of aliphatic carboxylic acids is 1. The summed E-state index contributed by atoms with van der Waals surface area (Å²) in [5.74, 6) is -0.980. The number of aromatic nitrogens is 1. The minimum Gasteiger partial charge on any atom is -0.506 e. The van der Waals surface area contributed by atoms with Crippen LogP contribution in [0.5, 0.6) is 5.75 Å². The van der Waals surface area contributed by atoms with Crippen LogP contribution in [0, 0.1) is 0 Å². The van der Waals surface area contributed by atoms with Crippen molar-refractivity contribution in [2.24, 2.45) is 5.73 Å². The second-order valence-electron chi connectivity index (χ2n) is 2.50. The van der Waals surface area contributed by atoms with Gasteiger partial charge in [0, 0.05) is 24.0 Å². The van der Waals surface area contributed by atoms with Gasteiger partial charge in [0.15, 0.2) is 0 Å². The van der Waals surface area contributed by atoms with Gasteiger partial charge in [0.05, 0.1) is 6.42 Å². The summed E-state index contributed by atoms with van der Waals surface area (Å²) in [5, 5.41) is 17.5. The van der Waals surface area contributed by atoms with E-state index in [9.17, 15) is 4.79 Å². The fraction of sp³-hybridized carbons (Fsp3) is 0.286. The minimum absolute atomic E-state index is 0.00347. The summed E-state index contributed by atoms with van der Waals surface area (Å²) in [5.41, 5.74) is 5.91. The molecule has 0 aromatic carbocycles. The molecule has 1 rings (SSSR count). The van der Waals surface area contributed by atoms with E-state index in [2.05, 4.69) is 4.98 Å². The molecule has 0 saturated carbocycles. The predicted molar refractivity (Wildman–Crippen MR) is 41.6 cm³/mol. The van der Waals surface area contributed by atoms with Crippen LogP contribution < -0.4 is 5.73 Å². The number of nitrogens with two attached hydrogens (primary N) is 1. The van der Waals surface area contributed by atoms with Gasteiger partial charge < -0.3 is 20.9 Å². The topological polar surface area (TPSA) is 99.3 Å². The molecular weight excluding hydrogens is 160 g/mol. The van der Waals surface area contributed by atoms with Gasteiger partial charge in [-0.25, -0.2) is 0 Å². The lowest BCUT2D eigenvalue weighted by Gasteiger charge is -2.06. The van der Waals surface area contributed by atoms with Crippen molar-refractivity contribution < 1.29 is 15.0 Å². The molecule has 0 spiro atoms. The average Bonchev–Trinajstić information content (AvgIpc) is 2.33. The normalized spacial score (nSPS) is 12.8. The summed E-state index contributed by atoms with van der Waals surface area (Å²) < 4.78 is 0. The zero-order valence-electron chi connectivity index (χ0n) is 6.32. The van der Waals surface area contributed by atoms with E-state index in [0.29, 0.717) is 5.56 Å². The minimum atomic E-state index is -0.983. The Morgan fingerprint density at radius 1 is 1.67 bits per heavy atom. The van der Waals surface area contributed by atoms with E-state index < -0.39 is 12.0 Å². The molecule has 0 fully saturated rings. The van der Waals surface area contributed by atoms with Gasteiger partial charge in [-0.05, 0) is 0 Å². The molecule has 1 atom stereocenters. The molecule has 1 aromatic heterocycles. The Morgan fingerprint density at radius 3 is 2.75 bits per heavy atom. The number of H-pyrrole nitrogens is 1. The van der Waals surface area contributed by atoms with Crippen molar-refractivity contribution in [3.63, 3.8) is 0 Å². The number of hydrogen-bond donors (Lipinski definition) is 4. The maximum atomic E-state index is 10.2. The monoisotopic (exact) mass is 170 g/mol. The number of carboxylic acids is 1. The fourth-order valence-electron chi connectivity index (χ4n) is 0.963. The van der Waals surface area contributed by atoms with E-state index in [1.54, 1.807) is 0 Å². The summed E-state index contributed by atoms with van der Waals surface area (Å²) in [6.07, 6.45) is 2.66. The van der Waals surface area contributed by atoms with Gasteiger partial charge in [0.25, 0.3) is 0 Å². The van der Waals surface area contributed by atoms with Crippen LogP contribution in [0.2, 0.25) is 0 Å². The molecule has 1 heterocycles. The first-order chi connectivity index (χ1) is 5.61. The van der Waals surface area contributed by atoms with Crippen LogP contribution in [0.1, 0.15) is 18.0 Å². The molecule has 12 heavy (non-hydrogen) atoms. The zero-order chi connectivity index (χ0) is 9.14. The van der Waals surface area contributed by atoms with Crippen LogP contribution in [-0.2, 0) is 4.79 Å². The Labute approximate surface area is 68.8 Å². The first-order valence-electron chi connectivity index (χ1n) is 3.44. The third-order valence-electron chi connectivity index (χ3n) is 1.55. The van der Waals surface area contributed by atoms with Gasteiger partial charge in [-0.2, -0.15) is 0 Å². The molecule has 1 aromatic rings. The number of nitrogens with one attached hydrogen (secondary N) is 1. The second kappa shape index (κ2) is 3.27. The summed E-state index contributed by atoms with van der Waals surface area (Å²) in [7, 11) is 0. The van der Waals surface area contributed by atoms with Gasteiger partial charge in [-0.15, -0.1) is 0 Å². The van der Waals surface area contributed by atoms with Crippen molar-refractivity contribution in [2.45, 2.75) is 12.5 Å². The summed E-state index contributed by atoms with van der Waals surface area (Å²) in [6.45, 7) is 0. The first kappa shape index (κ1) is 8.61. The summed E-state index contributed by atoms with van der Waals surface area (Å²) in [6, 6.07) is -0.659. The lowest BCUT2D eigenvalue weighted by Crippen LogP contribution is -2.14. The smallest absolute Gasteiger partial charge is 0.305 e. The maximum absolute atomic E-state index is 10.2. The Balaban J connectivity index is 2.71. The van der Waals surface area contributed by atoms with E-state index in [-0.39, 0.29) is 12.2 Å². The van der Waals surface area contributed by atoms with Gasteiger partial charge in [-0.1, -0.05) is 0 Å². The van der Waals surface area contributed by atoms with Crippen LogP contribution in [0.25, 0.3) is 0 Å². The average molecular weight is 170 g/mol. The van der Waals surface area contributed by atoms with Gasteiger partial charge in [0.2, 0.25) is 0 Å². The number of hydrogen-bond acceptors (Lipinski definition) is 3. The highest BCUT2D eigenvalue weighted by atomic mass is 16.4. The molecule has 5 N–H and O–H groups in total. The van der Waals surface area contributed by atoms with Crippen LogP contribution in [-0.4, -0.2) is 21.2 Å². The van der Waals surface area contributed by atoms with Crippen LogP contribution in [0.4, 0.5) is 0 Å². The molecular formula is C7H10N2O3. The molecule has 0 bridgehead atoms. The number of aromatic amines is 1. The fourth-order valence-corrected chi connectivity index (χ4v) is 0.963. The summed E-state index contributed by atoms with van der Waals surface area (Å²) >= 11 is 0. The van der Waals surface area contributed by atoms with Crippen molar-refractivity contribution in [3.05, 3.63) is 18.0 Å². The number of carbonyl (C=O) groups is 1. The van der Waals surface area contributed by atoms with Crippen molar-refractivity contribution >= 4 is 5.97 Å². The Hall–Kier alpha value is -1.49. The van der Waals surface area contributed by atoms with Crippen LogP contribution in [0.15, 0.2) is 12.4 Å². The van der Waals surface area contributed by atoms with Crippen LogP contribution >= 0.6 is 0 Å². The molecule has 0 radical (unpaired) electrons. The molecule has 66 valence electrons. The van der Waals surface area contributed by atoms with E-state index in [4.69, 9.17) is 15.9 Å². The lowest BCUT2D eigenvalue weighted by molar-refractivity contribution is -0.137. The van der Waals surface area contributed by atoms with Crippen molar-refractivity contribution in [2.75, 3.05) is 0 Å². The molecule has 0 aliphatic rings. The Kier molecular flexibility index (Phi) is 2.35. The maximum Gasteiger partial charge on any atom is 0.305 e. The quantitative estimate of drug-likeness (QED) is 0.520. The highest BCUT2D eigenvalue weighted by Crippen LogP contribution is 2.23. The third-order valence-corrected chi connectivity index (χ3v) is 1.55. The van der Waals surface area contributed by atoms with E-state index in [1.165, 1.54) is 12.4 Å². The predicted octanol–water partition coefficient (Wildman–Crippen LogP) is 0.195. The molecule has 0 aliphatic heterocycles. The Bertz CT molecular complexity index is 282. The number of rotatable bonds is 3. The highest BCUT2D eigenvalue weighted by Gasteiger charge is 2.14. The number of carboxylic acid groups (broad SMARTS) is 1. The summed E-state index contributed by atoms with van der Waals surface area (Å²) in [4.78, 5) is 12.9. The Morgan fingerprint density at radius 2 is 2.33 bits per heavy atom. The first-order valence-corrected chi connectivity index (χ1v) is 3.44. The van der Waals surface area contributed by atoms with E-state index in [0.717, 1.165) is 0 Å².